The number of anilines is 1. The van der Waals surface area contributed by atoms with Gasteiger partial charge in [0.05, 0.1) is 42.2 Å². The van der Waals surface area contributed by atoms with Gasteiger partial charge in [0.15, 0.2) is 15.0 Å². The van der Waals surface area contributed by atoms with Crippen LogP contribution < -0.4 is 9.64 Å². The smallest absolute Gasteiger partial charge is 0.416 e. The van der Waals surface area contributed by atoms with Crippen molar-refractivity contribution in [2.75, 3.05) is 23.5 Å². The molecule has 0 aromatic heterocycles. The molecule has 2 heterocycles. The van der Waals surface area contributed by atoms with Crippen LogP contribution in [0.25, 0.3) is 0 Å². The van der Waals surface area contributed by atoms with Crippen LogP contribution >= 0.6 is 11.8 Å². The standard InChI is InChI=1S/C22H18F6N2O4S2/c1-34-17-5-3-2-4-12(17)6-19(31)29-20-30(16-10-36(32,33)11-18(16)35-20)15-8-13(21(23,24)25)7-14(9-15)22(26,27)28/h2-5,7-9,16,18H,6,10-11H2,1H3/t16-,18+/m1/s1. The Hall–Kier alpha value is -2.74. The summed E-state index contributed by atoms with van der Waals surface area (Å²) in [6.45, 7) is 0. The number of carbonyl (C=O) groups excluding carboxylic acids is 1. The summed E-state index contributed by atoms with van der Waals surface area (Å²) in [7, 11) is -2.20. The topological polar surface area (TPSA) is 76.0 Å². The second-order valence-electron chi connectivity index (χ2n) is 8.21. The fraction of sp³-hybridized carbons (Fsp3) is 0.364. The number of carbonyl (C=O) groups is 1. The lowest BCUT2D eigenvalue weighted by Crippen LogP contribution is -2.38. The minimum Gasteiger partial charge on any atom is -0.496 e. The number of halogens is 6. The number of amidine groups is 1. The van der Waals surface area contributed by atoms with Gasteiger partial charge in [-0.3, -0.25) is 4.79 Å². The molecule has 2 saturated heterocycles. The second-order valence-corrected chi connectivity index (χ2v) is 11.6. The highest BCUT2D eigenvalue weighted by molar-refractivity contribution is 8.16. The Balaban J connectivity index is 1.78. The number of hydrogen-bond acceptors (Lipinski definition) is 5. The molecule has 36 heavy (non-hydrogen) atoms. The van der Waals surface area contributed by atoms with E-state index in [1.807, 2.05) is 0 Å². The highest BCUT2D eigenvalue weighted by atomic mass is 32.2. The monoisotopic (exact) mass is 552 g/mol. The summed E-state index contributed by atoms with van der Waals surface area (Å²) in [5, 5.41) is -0.871. The summed E-state index contributed by atoms with van der Waals surface area (Å²) >= 11 is 0.844. The van der Waals surface area contributed by atoms with E-state index in [1.54, 1.807) is 24.3 Å². The van der Waals surface area contributed by atoms with Crippen molar-refractivity contribution in [2.45, 2.75) is 30.1 Å². The molecule has 4 rings (SSSR count). The third-order valence-corrected chi connectivity index (χ3v) is 8.88. The van der Waals surface area contributed by atoms with Crippen LogP contribution in [-0.4, -0.2) is 49.4 Å². The van der Waals surface area contributed by atoms with Gasteiger partial charge in [-0.25, -0.2) is 8.42 Å². The molecule has 0 spiro atoms. The van der Waals surface area contributed by atoms with Gasteiger partial charge in [0.1, 0.15) is 5.75 Å². The zero-order chi connectivity index (χ0) is 26.5. The zero-order valence-corrected chi connectivity index (χ0v) is 20.1. The number of benzene rings is 2. The van der Waals surface area contributed by atoms with E-state index in [4.69, 9.17) is 4.74 Å². The van der Waals surface area contributed by atoms with Crippen molar-refractivity contribution in [1.82, 2.24) is 0 Å². The van der Waals surface area contributed by atoms with Crippen LogP contribution in [-0.2, 0) is 33.4 Å². The van der Waals surface area contributed by atoms with Crippen LogP contribution in [0.15, 0.2) is 47.5 Å². The van der Waals surface area contributed by atoms with Crippen molar-refractivity contribution in [2.24, 2.45) is 4.99 Å². The maximum Gasteiger partial charge on any atom is 0.416 e. The Bertz CT molecular complexity index is 1290. The minimum absolute atomic E-state index is 0.0146. The number of fused-ring (bicyclic) bond motifs is 1. The summed E-state index contributed by atoms with van der Waals surface area (Å²) in [4.78, 5) is 17.7. The quantitative estimate of drug-likeness (QED) is 0.518. The Morgan fingerprint density at radius 2 is 1.67 bits per heavy atom. The first-order valence-electron chi connectivity index (χ1n) is 10.4. The largest absolute Gasteiger partial charge is 0.496 e. The van der Waals surface area contributed by atoms with E-state index < -0.39 is 62.0 Å². The van der Waals surface area contributed by atoms with Crippen LogP contribution in [0.1, 0.15) is 16.7 Å². The van der Waals surface area contributed by atoms with Crippen molar-refractivity contribution in [1.29, 1.82) is 0 Å². The summed E-state index contributed by atoms with van der Waals surface area (Å²) < 4.78 is 110. The van der Waals surface area contributed by atoms with Gasteiger partial charge in [0.25, 0.3) is 5.91 Å². The van der Waals surface area contributed by atoms with Gasteiger partial charge in [0, 0.05) is 16.5 Å². The number of thioether (sulfide) groups is 1. The summed E-state index contributed by atoms with van der Waals surface area (Å²) in [5.74, 6) is -1.17. The number of methoxy groups -OCH3 is 1. The normalized spacial score (nSPS) is 22.6. The van der Waals surface area contributed by atoms with Crippen LogP contribution in [0.5, 0.6) is 5.75 Å². The summed E-state index contributed by atoms with van der Waals surface area (Å²) in [5.41, 5.74) is -3.18. The minimum atomic E-state index is -5.10. The molecule has 0 aliphatic carbocycles. The highest BCUT2D eigenvalue weighted by Gasteiger charge is 2.50. The SMILES string of the molecule is COc1ccccc1CC(=O)N=C1S[C@H]2CS(=O)(=O)C[C@H]2N1c1cc(C(F)(F)F)cc(C(F)(F)F)c1. The van der Waals surface area contributed by atoms with Gasteiger partial charge in [-0.15, -0.1) is 0 Å². The van der Waals surface area contributed by atoms with Crippen molar-refractivity contribution >= 4 is 38.4 Å². The van der Waals surface area contributed by atoms with E-state index >= 15 is 0 Å². The molecule has 2 aromatic carbocycles. The first kappa shape index (κ1) is 26.3. The fourth-order valence-corrected chi connectivity index (χ4v) is 8.03. The Labute approximate surface area is 206 Å². The summed E-state index contributed by atoms with van der Waals surface area (Å²) in [6.07, 6.45) is -10.4. The second kappa shape index (κ2) is 9.29. The van der Waals surface area contributed by atoms with Crippen molar-refractivity contribution in [3.05, 3.63) is 59.2 Å². The number of nitrogens with zero attached hydrogens (tertiary/aromatic N) is 2. The molecule has 0 N–H and O–H groups in total. The number of aliphatic imine (C=N–C) groups is 1. The van der Waals surface area contributed by atoms with E-state index in [1.165, 1.54) is 7.11 Å². The Morgan fingerprint density at radius 3 is 2.25 bits per heavy atom. The maximum atomic E-state index is 13.5. The van der Waals surface area contributed by atoms with E-state index in [2.05, 4.69) is 4.99 Å². The van der Waals surface area contributed by atoms with E-state index in [0.29, 0.717) is 23.4 Å². The molecule has 2 atom stereocenters. The Morgan fingerprint density at radius 1 is 1.06 bits per heavy atom. The van der Waals surface area contributed by atoms with Gasteiger partial charge in [-0.1, -0.05) is 30.0 Å². The van der Waals surface area contributed by atoms with E-state index in [0.717, 1.165) is 16.7 Å². The van der Waals surface area contributed by atoms with Crippen LogP contribution in [0.3, 0.4) is 0 Å². The maximum absolute atomic E-state index is 13.5. The molecular formula is C22H18F6N2O4S2. The first-order chi connectivity index (χ1) is 16.7. The van der Waals surface area contributed by atoms with Crippen LogP contribution in [0.4, 0.5) is 32.0 Å². The number of para-hydroxylation sites is 1. The number of rotatable bonds is 4. The average Bonchev–Trinajstić information content (AvgIpc) is 3.22. The lowest BCUT2D eigenvalue weighted by molar-refractivity contribution is -0.143. The van der Waals surface area contributed by atoms with Crippen LogP contribution in [0, 0.1) is 0 Å². The molecule has 2 aromatic rings. The molecule has 14 heteroatoms. The molecule has 6 nitrogen and oxygen atoms in total. The summed E-state index contributed by atoms with van der Waals surface area (Å²) in [6, 6.07) is 6.57. The van der Waals surface area contributed by atoms with E-state index in [9.17, 15) is 39.6 Å². The van der Waals surface area contributed by atoms with Gasteiger partial charge >= 0.3 is 12.4 Å². The number of amides is 1. The third-order valence-electron chi connectivity index (χ3n) is 5.67. The van der Waals surface area contributed by atoms with Crippen molar-refractivity contribution in [3.8, 4) is 5.75 Å². The predicted molar refractivity (Wildman–Crippen MR) is 122 cm³/mol. The molecule has 0 saturated carbocycles. The fourth-order valence-electron chi connectivity index (χ4n) is 4.10. The first-order valence-corrected chi connectivity index (χ1v) is 13.1. The van der Waals surface area contributed by atoms with Gasteiger partial charge in [-0.05, 0) is 24.3 Å². The molecular weight excluding hydrogens is 534 g/mol. The molecule has 194 valence electrons. The van der Waals surface area contributed by atoms with Gasteiger partial charge in [0.2, 0.25) is 0 Å². The zero-order valence-electron chi connectivity index (χ0n) is 18.4. The number of alkyl halides is 6. The number of sulfone groups is 1. The third kappa shape index (κ3) is 5.48. The Kier molecular flexibility index (Phi) is 6.79. The van der Waals surface area contributed by atoms with Gasteiger partial charge < -0.3 is 9.64 Å². The molecule has 2 aliphatic heterocycles. The number of ether oxygens (including phenoxy) is 1. The molecule has 0 radical (unpaired) electrons. The van der Waals surface area contributed by atoms with Crippen molar-refractivity contribution in [3.63, 3.8) is 0 Å². The molecule has 0 bridgehead atoms. The lowest BCUT2D eigenvalue weighted by atomic mass is 10.1. The van der Waals surface area contributed by atoms with Gasteiger partial charge in [-0.2, -0.15) is 31.3 Å². The molecule has 0 unspecified atom stereocenters. The van der Waals surface area contributed by atoms with Crippen LogP contribution in [0.2, 0.25) is 0 Å². The average molecular weight is 553 g/mol. The number of hydrogen-bond donors (Lipinski definition) is 0. The highest BCUT2D eigenvalue weighted by Crippen LogP contribution is 2.44. The molecule has 2 fully saturated rings. The van der Waals surface area contributed by atoms with Crippen molar-refractivity contribution < 1.29 is 44.3 Å². The molecule has 2 aliphatic rings. The lowest BCUT2D eigenvalue weighted by Gasteiger charge is -2.26. The van der Waals surface area contributed by atoms with E-state index in [-0.39, 0.29) is 23.4 Å². The molecule has 1 amide bonds. The predicted octanol–water partition coefficient (Wildman–Crippen LogP) is 4.58.